The lowest BCUT2D eigenvalue weighted by Gasteiger charge is -2.06. The van der Waals surface area contributed by atoms with Gasteiger partial charge in [0.15, 0.2) is 0 Å². The van der Waals surface area contributed by atoms with Crippen molar-refractivity contribution >= 4 is 21.4 Å². The van der Waals surface area contributed by atoms with E-state index in [0.717, 1.165) is 26.2 Å². The Morgan fingerprint density at radius 3 is 3.05 bits per heavy atom. The molecule has 2 rings (SSSR count). The average molecular weight is 296 g/mol. The third-order valence-corrected chi connectivity index (χ3v) is 3.43. The number of aromatic nitrogens is 3. The first-order valence-electron chi connectivity index (χ1n) is 6.75. The summed E-state index contributed by atoms with van der Waals surface area (Å²) in [6.45, 7) is 8.36. The Morgan fingerprint density at radius 1 is 1.50 bits per heavy atom. The van der Waals surface area contributed by atoms with Crippen LogP contribution in [0, 0.1) is 12.8 Å². The second-order valence-corrected chi connectivity index (χ2v) is 6.04. The third-order valence-electron chi connectivity index (χ3n) is 2.57. The lowest BCUT2D eigenvalue weighted by Crippen LogP contribution is -2.14. The maximum atomic E-state index is 11.7. The first-order valence-corrected chi connectivity index (χ1v) is 7.57. The zero-order valence-corrected chi connectivity index (χ0v) is 12.9. The van der Waals surface area contributed by atoms with E-state index in [4.69, 9.17) is 4.74 Å². The van der Waals surface area contributed by atoms with Crippen LogP contribution in [0.25, 0.3) is 4.96 Å². The van der Waals surface area contributed by atoms with Crippen LogP contribution in [0.3, 0.4) is 0 Å². The first-order chi connectivity index (χ1) is 9.56. The van der Waals surface area contributed by atoms with Gasteiger partial charge >= 0.3 is 0 Å². The van der Waals surface area contributed by atoms with E-state index in [1.165, 1.54) is 21.9 Å². The lowest BCUT2D eigenvalue weighted by molar-refractivity contribution is 0.110. The van der Waals surface area contributed by atoms with Gasteiger partial charge in [0, 0.05) is 31.5 Å². The van der Waals surface area contributed by atoms with E-state index in [0.29, 0.717) is 21.7 Å². The van der Waals surface area contributed by atoms with Gasteiger partial charge in [0.25, 0.3) is 5.56 Å². The molecule has 7 heteroatoms. The summed E-state index contributed by atoms with van der Waals surface area (Å²) in [4.78, 5) is 16.6. The van der Waals surface area contributed by atoms with Crippen LogP contribution >= 0.6 is 11.3 Å². The summed E-state index contributed by atoms with van der Waals surface area (Å²) in [5.41, 5.74) is 0.573. The topological polar surface area (TPSA) is 68.5 Å². The Kier molecular flexibility index (Phi) is 5.08. The van der Waals surface area contributed by atoms with Gasteiger partial charge in [-0.3, -0.25) is 4.79 Å². The van der Waals surface area contributed by atoms with Crippen LogP contribution in [-0.2, 0) is 4.74 Å². The number of rotatable bonds is 7. The Morgan fingerprint density at radius 2 is 2.30 bits per heavy atom. The monoisotopic (exact) mass is 296 g/mol. The molecule has 2 heterocycles. The van der Waals surface area contributed by atoms with Crippen molar-refractivity contribution in [3.8, 4) is 0 Å². The molecule has 0 aromatic carbocycles. The molecule has 20 heavy (non-hydrogen) atoms. The zero-order valence-electron chi connectivity index (χ0n) is 12.0. The predicted octanol–water partition coefficient (Wildman–Crippen LogP) is 1.93. The van der Waals surface area contributed by atoms with E-state index in [1.54, 1.807) is 6.92 Å². The molecule has 0 spiro atoms. The van der Waals surface area contributed by atoms with Gasteiger partial charge in [-0.25, -0.2) is 4.98 Å². The van der Waals surface area contributed by atoms with Crippen LogP contribution in [0.5, 0.6) is 0 Å². The van der Waals surface area contributed by atoms with Crippen molar-refractivity contribution in [2.24, 2.45) is 5.92 Å². The van der Waals surface area contributed by atoms with Gasteiger partial charge in [-0.2, -0.15) is 4.52 Å². The first kappa shape index (κ1) is 14.9. The van der Waals surface area contributed by atoms with Gasteiger partial charge < -0.3 is 10.1 Å². The molecule has 0 saturated carbocycles. The van der Waals surface area contributed by atoms with Gasteiger partial charge in [-0.05, 0) is 19.3 Å². The van der Waals surface area contributed by atoms with Crippen LogP contribution < -0.4 is 10.9 Å². The molecule has 2 aromatic rings. The zero-order chi connectivity index (χ0) is 14.5. The van der Waals surface area contributed by atoms with E-state index in [1.807, 2.05) is 0 Å². The summed E-state index contributed by atoms with van der Waals surface area (Å²) >= 11 is 1.38. The van der Waals surface area contributed by atoms with Crippen LogP contribution in [0.4, 0.5) is 5.13 Å². The summed E-state index contributed by atoms with van der Waals surface area (Å²) < 4.78 is 6.83. The maximum absolute atomic E-state index is 11.7. The number of anilines is 1. The summed E-state index contributed by atoms with van der Waals surface area (Å²) in [7, 11) is 0. The summed E-state index contributed by atoms with van der Waals surface area (Å²) in [5, 5.41) is 8.12. The van der Waals surface area contributed by atoms with Crippen molar-refractivity contribution < 1.29 is 4.74 Å². The van der Waals surface area contributed by atoms with E-state index in [2.05, 4.69) is 29.2 Å². The Labute approximate surface area is 121 Å². The lowest BCUT2D eigenvalue weighted by atomic mass is 10.2. The predicted molar refractivity (Wildman–Crippen MR) is 80.6 cm³/mol. The average Bonchev–Trinajstić information content (AvgIpc) is 2.76. The largest absolute Gasteiger partial charge is 0.381 e. The highest BCUT2D eigenvalue weighted by Gasteiger charge is 2.06. The second kappa shape index (κ2) is 6.81. The third kappa shape index (κ3) is 4.01. The SMILES string of the molecule is Cc1cc(=O)n2nc(NCCCOCC(C)C)sc2n1. The van der Waals surface area contributed by atoms with E-state index >= 15 is 0 Å². The van der Waals surface area contributed by atoms with Crippen LogP contribution in [0.1, 0.15) is 26.0 Å². The molecular weight excluding hydrogens is 276 g/mol. The fourth-order valence-corrected chi connectivity index (χ4v) is 2.56. The molecule has 0 amide bonds. The number of nitrogens with one attached hydrogen (secondary N) is 1. The maximum Gasteiger partial charge on any atom is 0.275 e. The minimum absolute atomic E-state index is 0.142. The van der Waals surface area contributed by atoms with E-state index in [-0.39, 0.29) is 5.56 Å². The standard InChI is InChI=1S/C13H20N4O2S/c1-9(2)8-19-6-4-5-14-12-16-17-11(18)7-10(3)15-13(17)20-12/h7,9H,4-6,8H2,1-3H3,(H,14,16). The van der Waals surface area contributed by atoms with Gasteiger partial charge in [-0.15, -0.1) is 5.10 Å². The van der Waals surface area contributed by atoms with Gasteiger partial charge in [0.2, 0.25) is 10.1 Å². The van der Waals surface area contributed by atoms with E-state index in [9.17, 15) is 4.79 Å². The molecule has 6 nitrogen and oxygen atoms in total. The molecule has 0 bridgehead atoms. The summed E-state index contributed by atoms with van der Waals surface area (Å²) in [5.74, 6) is 0.563. The molecule has 0 aliphatic carbocycles. The molecule has 2 aromatic heterocycles. The number of fused-ring (bicyclic) bond motifs is 1. The van der Waals surface area contributed by atoms with Crippen LogP contribution in [0.2, 0.25) is 0 Å². The van der Waals surface area contributed by atoms with Crippen molar-refractivity contribution in [2.45, 2.75) is 27.2 Å². The number of nitrogens with zero attached hydrogens (tertiary/aromatic N) is 3. The number of aryl methyl sites for hydroxylation is 1. The van der Waals surface area contributed by atoms with Crippen LogP contribution in [-0.4, -0.2) is 34.4 Å². The molecule has 0 radical (unpaired) electrons. The highest BCUT2D eigenvalue weighted by Crippen LogP contribution is 2.16. The molecule has 110 valence electrons. The van der Waals surface area contributed by atoms with Crippen molar-refractivity contribution in [1.82, 2.24) is 14.6 Å². The fourth-order valence-electron chi connectivity index (χ4n) is 1.68. The molecule has 0 fully saturated rings. The van der Waals surface area contributed by atoms with Gasteiger partial charge in [0.1, 0.15) is 0 Å². The van der Waals surface area contributed by atoms with Gasteiger partial charge in [-0.1, -0.05) is 25.2 Å². The molecule has 0 aliphatic heterocycles. The molecule has 0 aliphatic rings. The summed E-state index contributed by atoms with van der Waals surface area (Å²) in [6, 6.07) is 1.48. The molecule has 0 unspecified atom stereocenters. The molecule has 0 saturated heterocycles. The summed E-state index contributed by atoms with van der Waals surface area (Å²) in [6.07, 6.45) is 0.907. The molecule has 1 N–H and O–H groups in total. The molecule has 0 atom stereocenters. The minimum atomic E-state index is -0.142. The number of hydrogen-bond acceptors (Lipinski definition) is 6. The van der Waals surface area contributed by atoms with Gasteiger partial charge in [0.05, 0.1) is 0 Å². The Hall–Kier alpha value is -1.47. The van der Waals surface area contributed by atoms with Crippen molar-refractivity contribution in [2.75, 3.05) is 25.1 Å². The normalized spacial score (nSPS) is 11.4. The Balaban J connectivity index is 1.85. The quantitative estimate of drug-likeness (QED) is 0.791. The minimum Gasteiger partial charge on any atom is -0.381 e. The highest BCUT2D eigenvalue weighted by molar-refractivity contribution is 7.20. The molecular formula is C13H20N4O2S. The fraction of sp³-hybridized carbons (Fsp3) is 0.615. The number of ether oxygens (including phenoxy) is 1. The van der Waals surface area contributed by atoms with Crippen molar-refractivity contribution in [3.05, 3.63) is 22.1 Å². The van der Waals surface area contributed by atoms with Crippen molar-refractivity contribution in [1.29, 1.82) is 0 Å². The smallest absolute Gasteiger partial charge is 0.275 e. The number of hydrogen-bond donors (Lipinski definition) is 1. The van der Waals surface area contributed by atoms with Crippen molar-refractivity contribution in [3.63, 3.8) is 0 Å². The Bertz CT molecular complexity index is 620. The second-order valence-electron chi connectivity index (χ2n) is 5.09. The highest BCUT2D eigenvalue weighted by atomic mass is 32.1. The van der Waals surface area contributed by atoms with Crippen LogP contribution in [0.15, 0.2) is 10.9 Å². The van der Waals surface area contributed by atoms with E-state index < -0.39 is 0 Å².